The van der Waals surface area contributed by atoms with Gasteiger partial charge in [0.1, 0.15) is 13.2 Å². The molecule has 0 aromatic heterocycles. The van der Waals surface area contributed by atoms with Crippen molar-refractivity contribution in [1.29, 1.82) is 0 Å². The van der Waals surface area contributed by atoms with Crippen molar-refractivity contribution in [2.75, 3.05) is 19.8 Å². The number of ether oxygens (including phenoxy) is 3. The molecule has 0 aliphatic carbocycles. The van der Waals surface area contributed by atoms with Gasteiger partial charge in [0.05, 0.1) is 13.0 Å². The van der Waals surface area contributed by atoms with Crippen molar-refractivity contribution in [3.05, 3.63) is 12.2 Å². The third kappa shape index (κ3) is 10.8. The van der Waals surface area contributed by atoms with E-state index in [2.05, 4.69) is 11.9 Å². The fourth-order valence-electron chi connectivity index (χ4n) is 1.21. The van der Waals surface area contributed by atoms with E-state index >= 15 is 0 Å². The van der Waals surface area contributed by atoms with E-state index in [4.69, 9.17) is 14.2 Å². The summed E-state index contributed by atoms with van der Waals surface area (Å²) < 4.78 is 15.0. The van der Waals surface area contributed by atoms with E-state index in [-0.39, 0.29) is 25.1 Å². The first-order valence-electron chi connectivity index (χ1n) is 7.12. The van der Waals surface area contributed by atoms with Crippen LogP contribution in [-0.4, -0.2) is 43.9 Å². The molecule has 0 heterocycles. The standard InChI is InChI=1S/C15H25NO6/c1-10(2)9-21-12(5)22-14(18)8-16-13(17)6-7-20-15(19)11(3)4/h10,12H,3,6-9H2,1-2,4-5H3,(H,16,17). The fraction of sp³-hybridized carbons (Fsp3) is 0.667. The minimum atomic E-state index is -0.664. The van der Waals surface area contributed by atoms with Crippen LogP contribution in [-0.2, 0) is 28.6 Å². The second-order valence-corrected chi connectivity index (χ2v) is 5.23. The highest BCUT2D eigenvalue weighted by molar-refractivity contribution is 5.87. The molecular formula is C15H25NO6. The average Bonchev–Trinajstić information content (AvgIpc) is 2.42. The zero-order valence-electron chi connectivity index (χ0n) is 13.6. The van der Waals surface area contributed by atoms with E-state index in [1.165, 1.54) is 6.92 Å². The summed E-state index contributed by atoms with van der Waals surface area (Å²) in [6.07, 6.45) is -0.700. The van der Waals surface area contributed by atoms with Gasteiger partial charge in [0.25, 0.3) is 0 Å². The first kappa shape index (κ1) is 20.1. The van der Waals surface area contributed by atoms with Crippen LogP contribution in [0.15, 0.2) is 12.2 Å². The van der Waals surface area contributed by atoms with Crippen LogP contribution in [0.5, 0.6) is 0 Å². The minimum Gasteiger partial charge on any atom is -0.462 e. The summed E-state index contributed by atoms with van der Waals surface area (Å²) in [6.45, 7) is 10.7. The zero-order chi connectivity index (χ0) is 17.1. The monoisotopic (exact) mass is 315 g/mol. The predicted octanol–water partition coefficient (Wildman–Crippen LogP) is 1.17. The number of nitrogens with one attached hydrogen (secondary N) is 1. The number of hydrogen-bond donors (Lipinski definition) is 1. The molecule has 0 bridgehead atoms. The molecular weight excluding hydrogens is 290 g/mol. The molecule has 0 saturated heterocycles. The van der Waals surface area contributed by atoms with Crippen LogP contribution in [0, 0.1) is 5.92 Å². The largest absolute Gasteiger partial charge is 0.462 e. The molecule has 22 heavy (non-hydrogen) atoms. The molecule has 0 rings (SSSR count). The minimum absolute atomic E-state index is 0.0360. The van der Waals surface area contributed by atoms with Crippen molar-refractivity contribution >= 4 is 17.8 Å². The topological polar surface area (TPSA) is 90.9 Å². The van der Waals surface area contributed by atoms with Gasteiger partial charge in [-0.15, -0.1) is 0 Å². The molecule has 0 saturated carbocycles. The highest BCUT2D eigenvalue weighted by Crippen LogP contribution is 1.99. The second-order valence-electron chi connectivity index (χ2n) is 5.23. The molecule has 0 fully saturated rings. The van der Waals surface area contributed by atoms with Gasteiger partial charge >= 0.3 is 11.9 Å². The number of hydrogen-bond acceptors (Lipinski definition) is 6. The Morgan fingerprint density at radius 3 is 2.36 bits per heavy atom. The second kappa shape index (κ2) is 10.8. The van der Waals surface area contributed by atoms with E-state index in [9.17, 15) is 14.4 Å². The van der Waals surface area contributed by atoms with Gasteiger partial charge in [0.15, 0.2) is 6.29 Å². The van der Waals surface area contributed by atoms with Crippen molar-refractivity contribution < 1.29 is 28.6 Å². The highest BCUT2D eigenvalue weighted by atomic mass is 16.7. The van der Waals surface area contributed by atoms with Crippen LogP contribution >= 0.6 is 0 Å². The van der Waals surface area contributed by atoms with Crippen LogP contribution < -0.4 is 5.32 Å². The lowest BCUT2D eigenvalue weighted by atomic mass is 10.2. The van der Waals surface area contributed by atoms with Crippen molar-refractivity contribution in [3.63, 3.8) is 0 Å². The molecule has 1 unspecified atom stereocenters. The maximum atomic E-state index is 11.5. The number of carbonyl (C=O) groups excluding carboxylic acids is 3. The van der Waals surface area contributed by atoms with Gasteiger partial charge in [-0.1, -0.05) is 20.4 Å². The van der Waals surface area contributed by atoms with Gasteiger partial charge in [-0.25, -0.2) is 4.79 Å². The smallest absolute Gasteiger partial charge is 0.333 e. The summed E-state index contributed by atoms with van der Waals surface area (Å²) in [7, 11) is 0. The lowest BCUT2D eigenvalue weighted by molar-refractivity contribution is -0.175. The lowest BCUT2D eigenvalue weighted by Crippen LogP contribution is -2.33. The third-order valence-electron chi connectivity index (χ3n) is 2.30. The number of carbonyl (C=O) groups is 3. The Labute approximate surface area is 131 Å². The first-order valence-corrected chi connectivity index (χ1v) is 7.12. The van der Waals surface area contributed by atoms with Crippen LogP contribution in [0.3, 0.4) is 0 Å². The number of esters is 2. The maximum absolute atomic E-state index is 11.5. The lowest BCUT2D eigenvalue weighted by Gasteiger charge is -2.15. The molecule has 0 aromatic carbocycles. The number of rotatable bonds is 10. The maximum Gasteiger partial charge on any atom is 0.333 e. The molecule has 0 aliphatic rings. The van der Waals surface area contributed by atoms with Gasteiger partial charge in [0.2, 0.25) is 5.91 Å². The van der Waals surface area contributed by atoms with E-state index in [1.54, 1.807) is 6.92 Å². The molecule has 0 aromatic rings. The van der Waals surface area contributed by atoms with Crippen LogP contribution in [0.4, 0.5) is 0 Å². The highest BCUT2D eigenvalue weighted by Gasteiger charge is 2.12. The quantitative estimate of drug-likeness (QED) is 0.370. The average molecular weight is 315 g/mol. The van der Waals surface area contributed by atoms with E-state index < -0.39 is 24.1 Å². The van der Waals surface area contributed by atoms with Gasteiger partial charge < -0.3 is 19.5 Å². The summed E-state index contributed by atoms with van der Waals surface area (Å²) in [5.41, 5.74) is 0.263. The van der Waals surface area contributed by atoms with Gasteiger partial charge in [0, 0.05) is 5.57 Å². The Morgan fingerprint density at radius 2 is 1.82 bits per heavy atom. The normalized spacial score (nSPS) is 11.7. The Kier molecular flexibility index (Phi) is 9.86. The Bertz CT molecular complexity index is 405. The van der Waals surface area contributed by atoms with Crippen molar-refractivity contribution in [2.24, 2.45) is 5.92 Å². The van der Waals surface area contributed by atoms with Crippen LogP contribution in [0.1, 0.15) is 34.1 Å². The summed E-state index contributed by atoms with van der Waals surface area (Å²) >= 11 is 0. The zero-order valence-corrected chi connectivity index (χ0v) is 13.6. The van der Waals surface area contributed by atoms with Crippen molar-refractivity contribution in [3.8, 4) is 0 Å². The molecule has 0 spiro atoms. The van der Waals surface area contributed by atoms with Crippen LogP contribution in [0.25, 0.3) is 0 Å². The Balaban J connectivity index is 3.79. The molecule has 7 heteroatoms. The summed E-state index contributed by atoms with van der Waals surface area (Å²) in [5.74, 6) is -1.23. The molecule has 126 valence electrons. The summed E-state index contributed by atoms with van der Waals surface area (Å²) in [5, 5.41) is 2.37. The summed E-state index contributed by atoms with van der Waals surface area (Å²) in [4.78, 5) is 34.0. The third-order valence-corrected chi connectivity index (χ3v) is 2.30. The molecule has 1 atom stereocenters. The molecule has 7 nitrogen and oxygen atoms in total. The summed E-state index contributed by atoms with van der Waals surface area (Å²) in [6, 6.07) is 0. The van der Waals surface area contributed by atoms with Gasteiger partial charge in [-0.2, -0.15) is 0 Å². The van der Waals surface area contributed by atoms with Gasteiger partial charge in [-0.3, -0.25) is 9.59 Å². The SMILES string of the molecule is C=C(C)C(=O)OCCC(=O)NCC(=O)OC(C)OCC(C)C. The first-order chi connectivity index (χ1) is 10.2. The van der Waals surface area contributed by atoms with E-state index in [0.29, 0.717) is 12.5 Å². The fourth-order valence-corrected chi connectivity index (χ4v) is 1.21. The molecule has 0 aliphatic heterocycles. The van der Waals surface area contributed by atoms with Crippen molar-refractivity contribution in [2.45, 2.75) is 40.4 Å². The Morgan fingerprint density at radius 1 is 1.18 bits per heavy atom. The van der Waals surface area contributed by atoms with Gasteiger partial charge in [-0.05, 0) is 19.8 Å². The van der Waals surface area contributed by atoms with E-state index in [0.717, 1.165) is 0 Å². The Hall–Kier alpha value is -1.89. The predicted molar refractivity (Wildman–Crippen MR) is 79.7 cm³/mol. The van der Waals surface area contributed by atoms with Crippen molar-refractivity contribution in [1.82, 2.24) is 5.32 Å². The number of amides is 1. The van der Waals surface area contributed by atoms with E-state index in [1.807, 2.05) is 13.8 Å². The van der Waals surface area contributed by atoms with Crippen LogP contribution in [0.2, 0.25) is 0 Å². The molecule has 1 N–H and O–H groups in total. The molecule has 0 radical (unpaired) electrons. The molecule has 1 amide bonds.